The molecule has 0 aliphatic rings. The van der Waals surface area contributed by atoms with E-state index in [1.807, 2.05) is 36.4 Å². The Bertz CT molecular complexity index is 531. The van der Waals surface area contributed by atoms with Crippen molar-refractivity contribution in [2.24, 2.45) is 0 Å². The minimum absolute atomic E-state index is 0.346. The van der Waals surface area contributed by atoms with E-state index in [0.29, 0.717) is 5.56 Å². The summed E-state index contributed by atoms with van der Waals surface area (Å²) in [5.74, 6) is -0.377. The van der Waals surface area contributed by atoms with Crippen LogP contribution in [0.3, 0.4) is 0 Å². The second kappa shape index (κ2) is 4.82. The molecule has 2 aromatic rings. The largest absolute Gasteiger partial charge is 0.207 e. The summed E-state index contributed by atoms with van der Waals surface area (Å²) in [6.45, 7) is 0. The molecule has 0 saturated heterocycles. The molecule has 0 unspecified atom stereocenters. The molecule has 2 aromatic carbocycles. The minimum Gasteiger partial charge on any atom is -0.207 e. The third-order valence-corrected chi connectivity index (χ3v) is 2.96. The Morgan fingerprint density at radius 2 is 1.75 bits per heavy atom. The molecule has 0 amide bonds. The summed E-state index contributed by atoms with van der Waals surface area (Å²) in [6.07, 6.45) is 0. The van der Waals surface area contributed by atoms with Crippen LogP contribution in [-0.4, -0.2) is 0 Å². The molecule has 0 radical (unpaired) electrons. The molecular weight excluding hydrogens is 221 g/mol. The van der Waals surface area contributed by atoms with Gasteiger partial charge in [-0.05, 0) is 30.3 Å². The first-order valence-corrected chi connectivity index (χ1v) is 5.53. The average Bonchev–Trinajstić information content (AvgIpc) is 2.29. The van der Waals surface area contributed by atoms with Crippen LogP contribution in [0.5, 0.6) is 0 Å². The summed E-state index contributed by atoms with van der Waals surface area (Å²) in [6, 6.07) is 15.9. The maximum Gasteiger partial charge on any atom is 0.125 e. The topological polar surface area (TPSA) is 23.8 Å². The van der Waals surface area contributed by atoms with E-state index >= 15 is 0 Å². The number of benzene rings is 2. The third kappa shape index (κ3) is 2.62. The Balaban J connectivity index is 2.29. The summed E-state index contributed by atoms with van der Waals surface area (Å²) in [4.78, 5) is 1.76. The van der Waals surface area contributed by atoms with Gasteiger partial charge in [-0.25, -0.2) is 4.39 Å². The highest BCUT2D eigenvalue weighted by Crippen LogP contribution is 2.28. The van der Waals surface area contributed by atoms with Gasteiger partial charge in [0, 0.05) is 9.79 Å². The summed E-state index contributed by atoms with van der Waals surface area (Å²) in [7, 11) is 0. The van der Waals surface area contributed by atoms with Gasteiger partial charge in [-0.1, -0.05) is 30.0 Å². The molecule has 2 rings (SSSR count). The molecular formula is C13H8FNS. The molecule has 0 heterocycles. The molecule has 0 N–H and O–H groups in total. The number of nitrogens with zero attached hydrogens (tertiary/aromatic N) is 1. The molecule has 0 aromatic heterocycles. The first-order valence-electron chi connectivity index (χ1n) is 4.71. The Morgan fingerprint density at radius 1 is 1.00 bits per heavy atom. The van der Waals surface area contributed by atoms with Gasteiger partial charge in [0.15, 0.2) is 0 Å². The van der Waals surface area contributed by atoms with Crippen LogP contribution in [0.4, 0.5) is 4.39 Å². The van der Waals surface area contributed by atoms with Gasteiger partial charge in [0.2, 0.25) is 0 Å². The Kier molecular flexibility index (Phi) is 3.23. The zero-order chi connectivity index (χ0) is 11.4. The molecule has 0 bridgehead atoms. The second-order valence-corrected chi connectivity index (χ2v) is 4.35. The Hall–Kier alpha value is -1.79. The fraction of sp³-hybridized carbons (Fsp3) is 0. The molecule has 3 heteroatoms. The highest BCUT2D eigenvalue weighted by molar-refractivity contribution is 7.99. The summed E-state index contributed by atoms with van der Waals surface area (Å²) in [5.41, 5.74) is 0.346. The van der Waals surface area contributed by atoms with Crippen LogP contribution in [-0.2, 0) is 0 Å². The monoisotopic (exact) mass is 229 g/mol. The molecule has 0 aliphatic heterocycles. The van der Waals surface area contributed by atoms with Crippen molar-refractivity contribution < 1.29 is 4.39 Å². The van der Waals surface area contributed by atoms with Gasteiger partial charge in [0.25, 0.3) is 0 Å². The highest BCUT2D eigenvalue weighted by atomic mass is 32.2. The van der Waals surface area contributed by atoms with Gasteiger partial charge in [-0.2, -0.15) is 5.26 Å². The predicted octanol–water partition coefficient (Wildman–Crippen LogP) is 3.85. The van der Waals surface area contributed by atoms with Crippen LogP contribution in [0, 0.1) is 17.1 Å². The van der Waals surface area contributed by atoms with E-state index in [2.05, 4.69) is 0 Å². The molecule has 0 fully saturated rings. The van der Waals surface area contributed by atoms with E-state index in [1.165, 1.54) is 23.9 Å². The van der Waals surface area contributed by atoms with E-state index in [1.54, 1.807) is 6.07 Å². The molecule has 16 heavy (non-hydrogen) atoms. The summed E-state index contributed by atoms with van der Waals surface area (Å²) >= 11 is 1.44. The maximum absolute atomic E-state index is 13.2. The van der Waals surface area contributed by atoms with Crippen LogP contribution >= 0.6 is 11.8 Å². The van der Waals surface area contributed by atoms with Gasteiger partial charge < -0.3 is 0 Å². The number of hydrogen-bond acceptors (Lipinski definition) is 2. The zero-order valence-electron chi connectivity index (χ0n) is 8.35. The molecule has 78 valence electrons. The normalized spacial score (nSPS) is 9.75. The summed E-state index contributed by atoms with van der Waals surface area (Å²) < 4.78 is 13.2. The maximum atomic E-state index is 13.2. The van der Waals surface area contributed by atoms with Crippen molar-refractivity contribution in [3.05, 3.63) is 59.9 Å². The van der Waals surface area contributed by atoms with E-state index in [9.17, 15) is 4.39 Å². The van der Waals surface area contributed by atoms with Crippen LogP contribution in [0.2, 0.25) is 0 Å². The smallest absolute Gasteiger partial charge is 0.125 e. The number of halogens is 1. The van der Waals surface area contributed by atoms with Gasteiger partial charge in [-0.3, -0.25) is 0 Å². The SMILES string of the molecule is N#Cc1cc(F)cc(Sc2ccccc2)c1. The highest BCUT2D eigenvalue weighted by Gasteiger charge is 2.02. The predicted molar refractivity (Wildman–Crippen MR) is 61.7 cm³/mol. The van der Waals surface area contributed by atoms with E-state index in [0.717, 1.165) is 9.79 Å². The lowest BCUT2D eigenvalue weighted by Crippen LogP contribution is -1.81. The van der Waals surface area contributed by atoms with Crippen LogP contribution in [0.25, 0.3) is 0 Å². The van der Waals surface area contributed by atoms with Crippen molar-refractivity contribution in [2.75, 3.05) is 0 Å². The van der Waals surface area contributed by atoms with Crippen molar-refractivity contribution in [3.63, 3.8) is 0 Å². The first kappa shape index (κ1) is 10.7. The van der Waals surface area contributed by atoms with Gasteiger partial charge in [-0.15, -0.1) is 0 Å². The second-order valence-electron chi connectivity index (χ2n) is 3.20. The van der Waals surface area contributed by atoms with Crippen LogP contribution < -0.4 is 0 Å². The lowest BCUT2D eigenvalue weighted by Gasteiger charge is -2.02. The molecule has 0 saturated carbocycles. The van der Waals surface area contributed by atoms with E-state index in [-0.39, 0.29) is 5.82 Å². The number of nitriles is 1. The average molecular weight is 229 g/mol. The van der Waals surface area contributed by atoms with Crippen molar-refractivity contribution in [1.29, 1.82) is 5.26 Å². The van der Waals surface area contributed by atoms with Crippen LogP contribution in [0.15, 0.2) is 58.3 Å². The van der Waals surface area contributed by atoms with Crippen molar-refractivity contribution in [1.82, 2.24) is 0 Å². The van der Waals surface area contributed by atoms with Gasteiger partial charge >= 0.3 is 0 Å². The first-order chi connectivity index (χ1) is 7.78. The Morgan fingerprint density at radius 3 is 2.44 bits per heavy atom. The van der Waals surface area contributed by atoms with Crippen molar-refractivity contribution in [2.45, 2.75) is 9.79 Å². The quantitative estimate of drug-likeness (QED) is 0.781. The van der Waals surface area contributed by atoms with Gasteiger partial charge in [0.1, 0.15) is 5.82 Å². The molecule has 0 aliphatic carbocycles. The standard InChI is InChI=1S/C13H8FNS/c14-11-6-10(9-15)7-13(8-11)16-12-4-2-1-3-5-12/h1-8H. The van der Waals surface area contributed by atoms with Gasteiger partial charge in [0.05, 0.1) is 11.6 Å². The number of rotatable bonds is 2. The van der Waals surface area contributed by atoms with E-state index < -0.39 is 0 Å². The molecule has 0 spiro atoms. The van der Waals surface area contributed by atoms with Crippen molar-refractivity contribution in [3.8, 4) is 6.07 Å². The lowest BCUT2D eigenvalue weighted by atomic mass is 10.2. The molecule has 0 atom stereocenters. The van der Waals surface area contributed by atoms with Crippen LogP contribution in [0.1, 0.15) is 5.56 Å². The summed E-state index contributed by atoms with van der Waals surface area (Å²) in [5, 5.41) is 8.73. The lowest BCUT2D eigenvalue weighted by molar-refractivity contribution is 0.623. The minimum atomic E-state index is -0.377. The van der Waals surface area contributed by atoms with E-state index in [4.69, 9.17) is 5.26 Å². The molecule has 1 nitrogen and oxygen atoms in total. The fourth-order valence-corrected chi connectivity index (χ4v) is 2.23. The Labute approximate surface area is 97.5 Å². The van der Waals surface area contributed by atoms with Crippen molar-refractivity contribution >= 4 is 11.8 Å². The third-order valence-electron chi connectivity index (χ3n) is 1.98. The zero-order valence-corrected chi connectivity index (χ0v) is 9.17. The fourth-order valence-electron chi connectivity index (χ4n) is 1.31. The number of hydrogen-bond donors (Lipinski definition) is 0.